The van der Waals surface area contributed by atoms with Gasteiger partial charge in [0.25, 0.3) is 0 Å². The van der Waals surface area contributed by atoms with Gasteiger partial charge in [-0.2, -0.15) is 4.31 Å². The molecule has 10 N–H and O–H groups in total. The number of nitrogens with one attached hydrogen (secondary N) is 2. The highest BCUT2D eigenvalue weighted by Crippen LogP contribution is 2.61. The Bertz CT molecular complexity index is 2070. The zero-order chi connectivity index (χ0) is 46.8. The van der Waals surface area contributed by atoms with Gasteiger partial charge in [0.2, 0.25) is 11.8 Å². The highest BCUT2D eigenvalue weighted by Gasteiger charge is 2.50. The fraction of sp³-hybridized carbons (Fsp3) is 0.600. The summed E-state index contributed by atoms with van der Waals surface area (Å²) in [6.07, 6.45) is 10.3. The molecule has 354 valence electrons. The van der Waals surface area contributed by atoms with Crippen LogP contribution in [0, 0.1) is 5.41 Å². The number of aliphatic hydroxyl groups excluding tert-OH is 2. The molecule has 1 saturated heterocycles. The lowest BCUT2D eigenvalue weighted by molar-refractivity contribution is -0.137. The van der Waals surface area contributed by atoms with E-state index < -0.39 is 84.6 Å². The van der Waals surface area contributed by atoms with Crippen molar-refractivity contribution in [2.75, 3.05) is 37.8 Å². The first-order valence-electron chi connectivity index (χ1n) is 19.6. The fourth-order valence-electron chi connectivity index (χ4n) is 5.53. The maximum Gasteiger partial charge on any atom is 0.481 e. The van der Waals surface area contributed by atoms with E-state index in [-0.39, 0.29) is 41.6 Å². The molecule has 0 aliphatic carbocycles. The Labute approximate surface area is 367 Å². The molecule has 1 aliphatic rings. The second kappa shape index (κ2) is 25.5. The van der Waals surface area contributed by atoms with Crippen molar-refractivity contribution in [2.24, 2.45) is 5.41 Å². The predicted molar refractivity (Wildman–Crippen MR) is 228 cm³/mol. The van der Waals surface area contributed by atoms with E-state index in [0.717, 1.165) is 48.2 Å². The Kier molecular flexibility index (Phi) is 21.9. The predicted octanol–water partition coefficient (Wildman–Crippen LogP) is 2.69. The van der Waals surface area contributed by atoms with Gasteiger partial charge in [0, 0.05) is 37.1 Å². The van der Waals surface area contributed by atoms with E-state index in [4.69, 9.17) is 19.5 Å². The van der Waals surface area contributed by atoms with E-state index in [0.29, 0.717) is 18.6 Å². The Morgan fingerprint density at radius 1 is 0.968 bits per heavy atom. The molecule has 7 unspecified atom stereocenters. The number of fused-ring (bicyclic) bond motifs is 1. The van der Waals surface area contributed by atoms with Gasteiger partial charge in [-0.25, -0.2) is 28.6 Å². The molecule has 1 fully saturated rings. The number of ether oxygens (including phenoxy) is 1. The molecule has 2 amide bonds. The molecule has 0 spiro atoms. The van der Waals surface area contributed by atoms with Crippen molar-refractivity contribution in [1.82, 2.24) is 30.2 Å². The number of unbranched alkanes of at least 4 members (excludes halogenated alkanes) is 3. The van der Waals surface area contributed by atoms with Crippen molar-refractivity contribution in [3.05, 3.63) is 49.1 Å². The zero-order valence-electron chi connectivity index (χ0n) is 34.8. The van der Waals surface area contributed by atoms with Crippen molar-refractivity contribution in [3.63, 3.8) is 0 Å². The average molecular weight is 972 g/mol. The van der Waals surface area contributed by atoms with Crippen LogP contribution in [-0.2, 0) is 50.7 Å². The number of carbonyl (C=O) groups excluding carboxylic acids is 3. The van der Waals surface area contributed by atoms with Crippen LogP contribution < -0.4 is 16.4 Å². The van der Waals surface area contributed by atoms with Crippen LogP contribution in [0.2, 0.25) is 0 Å². The van der Waals surface area contributed by atoms with Gasteiger partial charge in [0.15, 0.2) is 22.8 Å². The molecule has 1 aliphatic heterocycles. The van der Waals surface area contributed by atoms with Crippen LogP contribution in [0.15, 0.2) is 49.1 Å². The van der Waals surface area contributed by atoms with Crippen molar-refractivity contribution in [2.45, 2.75) is 96.4 Å². The maximum absolute atomic E-state index is 12.7. The van der Waals surface area contributed by atoms with Gasteiger partial charge < -0.3 is 50.9 Å². The highest BCUT2D eigenvalue weighted by molar-refractivity contribution is 8.13. The third-order valence-corrected chi connectivity index (χ3v) is 12.9. The number of rotatable bonds is 28. The van der Waals surface area contributed by atoms with Gasteiger partial charge in [0.1, 0.15) is 36.3 Å². The second-order valence-electron chi connectivity index (χ2n) is 14.6. The SMILES string of the molecule is CCCC/C=C/C=C/C=C/CCCC(=O)SCCNC(=O)CCNC(=O)C(O)C(C)(C)COP(=O)(O)OP(=O)(O)OCC1OC(n2cnc3c(N)ncnc32)C(O)C1OP(=O)(O)O. The van der Waals surface area contributed by atoms with Gasteiger partial charge >= 0.3 is 23.5 Å². The van der Waals surface area contributed by atoms with E-state index in [2.05, 4.69) is 47.4 Å². The molecule has 0 aromatic carbocycles. The minimum Gasteiger partial charge on any atom is -0.386 e. The van der Waals surface area contributed by atoms with Crippen LogP contribution >= 0.6 is 35.2 Å². The Morgan fingerprint density at radius 2 is 1.63 bits per heavy atom. The van der Waals surface area contributed by atoms with Crippen LogP contribution in [0.25, 0.3) is 11.2 Å². The molecule has 0 saturated carbocycles. The van der Waals surface area contributed by atoms with Gasteiger partial charge in [-0.1, -0.05) is 81.8 Å². The molecule has 2 aromatic rings. The number of allylic oxidation sites excluding steroid dienone is 6. The number of imidazole rings is 1. The first-order valence-corrected chi connectivity index (χ1v) is 25.1. The standard InChI is InChI=1S/C35H56N7O17P3S/c1-4-5-6-7-8-9-10-11-12-13-14-15-26(44)63-19-18-37-25(43)16-17-38-33(47)30(46)35(2,3)21-56-62(53,54)59-61(51,52)55-20-24-29(58-60(48,49)50)28(45)34(57-24)42-23-41-27-31(36)39-22-40-32(27)42/h7-12,22-24,28-30,34,45-46H,4-6,13-21H2,1-3H3,(H,37,43)(H,38,47)(H,51,52)(H,53,54)(H2,36,39,40)(H2,48,49,50)/b8-7+,10-9+,12-11+. The first kappa shape index (κ1) is 54.1. The van der Waals surface area contributed by atoms with Crippen LogP contribution in [-0.4, -0.2) is 123 Å². The van der Waals surface area contributed by atoms with Gasteiger partial charge in [-0.15, -0.1) is 0 Å². The van der Waals surface area contributed by atoms with Crippen molar-refractivity contribution >= 4 is 69.1 Å². The number of nitrogens with zero attached hydrogens (tertiary/aromatic N) is 4. The van der Waals surface area contributed by atoms with Gasteiger partial charge in [-0.3, -0.25) is 32.5 Å². The third kappa shape index (κ3) is 19.0. The van der Waals surface area contributed by atoms with Crippen molar-refractivity contribution in [3.8, 4) is 0 Å². The minimum absolute atomic E-state index is 0.00369. The number of carbonyl (C=O) groups is 3. The van der Waals surface area contributed by atoms with E-state index in [1.165, 1.54) is 20.3 Å². The smallest absolute Gasteiger partial charge is 0.386 e. The van der Waals surface area contributed by atoms with Gasteiger partial charge in [-0.05, 0) is 19.3 Å². The summed E-state index contributed by atoms with van der Waals surface area (Å²) >= 11 is 1.10. The summed E-state index contributed by atoms with van der Waals surface area (Å²) in [5, 5.41) is 26.5. The topological polar surface area (TPSA) is 364 Å². The number of hydrogen-bond donors (Lipinski definition) is 9. The molecule has 2 aromatic heterocycles. The number of phosphoric ester groups is 3. The molecule has 63 heavy (non-hydrogen) atoms. The van der Waals surface area contributed by atoms with Crippen LogP contribution in [0.4, 0.5) is 5.82 Å². The molecule has 3 rings (SSSR count). The summed E-state index contributed by atoms with van der Waals surface area (Å²) in [7, 11) is -16.4. The summed E-state index contributed by atoms with van der Waals surface area (Å²) in [5.74, 6) is -1.09. The van der Waals surface area contributed by atoms with E-state index in [1.54, 1.807) is 0 Å². The van der Waals surface area contributed by atoms with Crippen LogP contribution in [0.1, 0.15) is 71.9 Å². The molecular formula is C35H56N7O17P3S. The normalized spacial score (nSPS) is 21.0. The zero-order valence-corrected chi connectivity index (χ0v) is 38.3. The molecule has 24 nitrogen and oxygen atoms in total. The fourth-order valence-corrected chi connectivity index (χ4v) is 9.08. The first-order chi connectivity index (χ1) is 29.6. The minimum atomic E-state index is -5.58. The number of aliphatic hydroxyl groups is 2. The molecular weight excluding hydrogens is 915 g/mol. The Hall–Kier alpha value is -3.22. The van der Waals surface area contributed by atoms with E-state index >= 15 is 0 Å². The lowest BCUT2D eigenvalue weighted by Crippen LogP contribution is -2.46. The second-order valence-corrected chi connectivity index (χ2v) is 20.0. The maximum atomic E-state index is 12.7. The number of amides is 2. The molecule has 28 heteroatoms. The van der Waals surface area contributed by atoms with Crippen LogP contribution in [0.3, 0.4) is 0 Å². The number of nitrogen functional groups attached to an aromatic ring is 1. The highest BCUT2D eigenvalue weighted by atomic mass is 32.2. The number of thioether (sulfide) groups is 1. The number of phosphoric acid groups is 3. The third-order valence-electron chi connectivity index (χ3n) is 8.85. The molecule has 0 bridgehead atoms. The summed E-state index contributed by atoms with van der Waals surface area (Å²) in [4.78, 5) is 88.0. The lowest BCUT2D eigenvalue weighted by atomic mass is 9.87. The number of hydrogen-bond acceptors (Lipinski definition) is 18. The number of anilines is 1. The van der Waals surface area contributed by atoms with Crippen molar-refractivity contribution in [1.29, 1.82) is 0 Å². The Morgan fingerprint density at radius 3 is 2.30 bits per heavy atom. The summed E-state index contributed by atoms with van der Waals surface area (Å²) in [6, 6.07) is 0. The molecule has 7 atom stereocenters. The lowest BCUT2D eigenvalue weighted by Gasteiger charge is -2.30. The van der Waals surface area contributed by atoms with Crippen molar-refractivity contribution < 1.29 is 80.5 Å². The summed E-state index contributed by atoms with van der Waals surface area (Å²) in [5.41, 5.74) is 4.27. The number of nitrogens with two attached hydrogens (primary N) is 1. The summed E-state index contributed by atoms with van der Waals surface area (Å²) in [6.45, 7) is 2.65. The molecule has 0 radical (unpaired) electrons. The average Bonchev–Trinajstić information content (AvgIpc) is 3.76. The summed E-state index contributed by atoms with van der Waals surface area (Å²) < 4.78 is 62.3. The van der Waals surface area contributed by atoms with Crippen LogP contribution in [0.5, 0.6) is 0 Å². The molecule has 3 heterocycles. The van der Waals surface area contributed by atoms with Gasteiger partial charge in [0.05, 0.1) is 19.5 Å². The van der Waals surface area contributed by atoms with E-state index in [1.807, 2.05) is 30.4 Å². The largest absolute Gasteiger partial charge is 0.481 e. The monoisotopic (exact) mass is 971 g/mol. The quantitative estimate of drug-likeness (QED) is 0.0336. The number of aromatic nitrogens is 4. The Balaban J connectivity index is 1.38. The van der Waals surface area contributed by atoms with E-state index in [9.17, 15) is 57.9 Å².